The normalized spacial score (nSPS) is 14.9. The molecule has 2 nitrogen and oxygen atoms in total. The third kappa shape index (κ3) is 6.18. The van der Waals surface area contributed by atoms with E-state index in [1.54, 1.807) is 0 Å². The molecular formula is C16H25NO. The molecule has 0 amide bonds. The Morgan fingerprint density at radius 2 is 1.83 bits per heavy atom. The molecule has 1 saturated carbocycles. The second kappa shape index (κ2) is 8.28. The molecule has 1 aliphatic rings. The average Bonchev–Trinajstić information content (AvgIpc) is 3.22. The van der Waals surface area contributed by atoms with Gasteiger partial charge in [0.1, 0.15) is 0 Å². The first-order valence-electron chi connectivity index (χ1n) is 7.30. The zero-order valence-electron chi connectivity index (χ0n) is 11.2. The van der Waals surface area contributed by atoms with Crippen molar-refractivity contribution in [3.63, 3.8) is 0 Å². The molecule has 2 heteroatoms. The third-order valence-corrected chi connectivity index (χ3v) is 3.35. The van der Waals surface area contributed by atoms with Crippen molar-refractivity contribution in [3.05, 3.63) is 35.9 Å². The van der Waals surface area contributed by atoms with Crippen molar-refractivity contribution in [2.24, 2.45) is 0 Å². The summed E-state index contributed by atoms with van der Waals surface area (Å²) in [6.07, 6.45) is 7.58. The van der Waals surface area contributed by atoms with Crippen LogP contribution in [0.4, 0.5) is 0 Å². The molecule has 100 valence electrons. The predicted molar refractivity (Wildman–Crippen MR) is 75.8 cm³/mol. The molecule has 0 aliphatic heterocycles. The second-order valence-corrected chi connectivity index (χ2v) is 5.14. The molecule has 1 aliphatic carbocycles. The van der Waals surface area contributed by atoms with E-state index in [4.69, 9.17) is 4.74 Å². The fourth-order valence-corrected chi connectivity index (χ4v) is 2.04. The van der Waals surface area contributed by atoms with Crippen molar-refractivity contribution in [2.75, 3.05) is 19.8 Å². The summed E-state index contributed by atoms with van der Waals surface area (Å²) in [4.78, 5) is 0. The molecule has 18 heavy (non-hydrogen) atoms. The molecule has 0 heterocycles. The smallest absolute Gasteiger partial charge is 0.0506 e. The number of unbranched alkanes of at least 4 members (excludes halogenated alkanes) is 2. The third-order valence-electron chi connectivity index (χ3n) is 3.35. The fraction of sp³-hybridized carbons (Fsp3) is 0.625. The number of hydrogen-bond donors (Lipinski definition) is 1. The molecule has 0 spiro atoms. The molecule has 0 saturated heterocycles. The molecule has 1 N–H and O–H groups in total. The van der Waals surface area contributed by atoms with Crippen molar-refractivity contribution in [2.45, 2.75) is 44.6 Å². The average molecular weight is 247 g/mol. The van der Waals surface area contributed by atoms with Crippen LogP contribution in [-0.4, -0.2) is 25.8 Å². The van der Waals surface area contributed by atoms with Gasteiger partial charge in [0, 0.05) is 12.6 Å². The lowest BCUT2D eigenvalue weighted by Crippen LogP contribution is -2.17. The van der Waals surface area contributed by atoms with Crippen LogP contribution < -0.4 is 5.32 Å². The highest BCUT2D eigenvalue weighted by Crippen LogP contribution is 2.18. The van der Waals surface area contributed by atoms with Crippen molar-refractivity contribution < 1.29 is 4.74 Å². The molecule has 0 atom stereocenters. The van der Waals surface area contributed by atoms with Gasteiger partial charge >= 0.3 is 0 Å². The molecule has 1 aromatic carbocycles. The Kier molecular flexibility index (Phi) is 6.24. The highest BCUT2D eigenvalue weighted by Gasteiger charge is 2.19. The van der Waals surface area contributed by atoms with E-state index in [2.05, 4.69) is 35.6 Å². The Labute approximate surface area is 111 Å². The minimum absolute atomic E-state index is 0.852. The maximum atomic E-state index is 5.66. The molecule has 0 aromatic heterocycles. The van der Waals surface area contributed by atoms with Crippen LogP contribution in [0.1, 0.15) is 37.7 Å². The molecule has 0 radical (unpaired) electrons. The fourth-order valence-electron chi connectivity index (χ4n) is 2.04. The summed E-state index contributed by atoms with van der Waals surface area (Å²) in [5, 5.41) is 3.54. The Morgan fingerprint density at radius 3 is 2.61 bits per heavy atom. The van der Waals surface area contributed by atoms with E-state index < -0.39 is 0 Å². The Morgan fingerprint density at radius 1 is 1.00 bits per heavy atom. The standard InChI is InChI=1S/C16H25NO/c1-3-7-15(8-4-1)11-14-18-13-6-2-5-12-17-16-9-10-16/h1,3-4,7-8,16-17H,2,5-6,9-14H2. The van der Waals surface area contributed by atoms with Gasteiger partial charge in [-0.15, -0.1) is 0 Å². The Bertz CT molecular complexity index is 308. The first-order valence-corrected chi connectivity index (χ1v) is 7.30. The lowest BCUT2D eigenvalue weighted by molar-refractivity contribution is 0.133. The first-order chi connectivity index (χ1) is 8.95. The zero-order valence-corrected chi connectivity index (χ0v) is 11.2. The van der Waals surface area contributed by atoms with Gasteiger partial charge in [-0.2, -0.15) is 0 Å². The number of nitrogens with one attached hydrogen (secondary N) is 1. The van der Waals surface area contributed by atoms with Crippen LogP contribution >= 0.6 is 0 Å². The van der Waals surface area contributed by atoms with Crippen LogP contribution in [0.15, 0.2) is 30.3 Å². The van der Waals surface area contributed by atoms with Crippen LogP contribution in [-0.2, 0) is 11.2 Å². The van der Waals surface area contributed by atoms with Gasteiger partial charge in [-0.25, -0.2) is 0 Å². The van der Waals surface area contributed by atoms with Crippen LogP contribution in [0.2, 0.25) is 0 Å². The largest absolute Gasteiger partial charge is 0.381 e. The van der Waals surface area contributed by atoms with Gasteiger partial charge in [0.2, 0.25) is 0 Å². The van der Waals surface area contributed by atoms with E-state index in [9.17, 15) is 0 Å². The molecule has 0 bridgehead atoms. The van der Waals surface area contributed by atoms with Gasteiger partial charge in [-0.3, -0.25) is 0 Å². The van der Waals surface area contributed by atoms with Gasteiger partial charge in [-0.05, 0) is 50.6 Å². The van der Waals surface area contributed by atoms with E-state index in [0.717, 1.165) is 25.7 Å². The van der Waals surface area contributed by atoms with E-state index in [-0.39, 0.29) is 0 Å². The number of ether oxygens (including phenoxy) is 1. The summed E-state index contributed by atoms with van der Waals surface area (Å²) >= 11 is 0. The lowest BCUT2D eigenvalue weighted by atomic mass is 10.2. The summed E-state index contributed by atoms with van der Waals surface area (Å²) in [5.41, 5.74) is 1.37. The van der Waals surface area contributed by atoms with Crippen molar-refractivity contribution >= 4 is 0 Å². The number of hydrogen-bond acceptors (Lipinski definition) is 2. The van der Waals surface area contributed by atoms with Crippen molar-refractivity contribution in [1.82, 2.24) is 5.32 Å². The van der Waals surface area contributed by atoms with Crippen LogP contribution in [0.5, 0.6) is 0 Å². The molecule has 0 unspecified atom stereocenters. The van der Waals surface area contributed by atoms with Gasteiger partial charge in [0.05, 0.1) is 6.61 Å². The van der Waals surface area contributed by atoms with Gasteiger partial charge in [0.15, 0.2) is 0 Å². The van der Waals surface area contributed by atoms with E-state index in [0.29, 0.717) is 0 Å². The van der Waals surface area contributed by atoms with Crippen LogP contribution in [0.3, 0.4) is 0 Å². The summed E-state index contributed by atoms with van der Waals surface area (Å²) in [6.45, 7) is 2.95. The van der Waals surface area contributed by atoms with E-state index >= 15 is 0 Å². The summed E-state index contributed by atoms with van der Waals surface area (Å²) < 4.78 is 5.66. The SMILES string of the molecule is c1ccc(CCOCCCCCNC2CC2)cc1. The Balaban J connectivity index is 1.35. The first kappa shape index (κ1) is 13.6. The van der Waals surface area contributed by atoms with Gasteiger partial charge in [0.25, 0.3) is 0 Å². The highest BCUT2D eigenvalue weighted by atomic mass is 16.5. The van der Waals surface area contributed by atoms with Gasteiger partial charge in [-0.1, -0.05) is 30.3 Å². The monoisotopic (exact) mass is 247 g/mol. The summed E-state index contributed by atoms with van der Waals surface area (Å²) in [5.74, 6) is 0. The zero-order chi connectivity index (χ0) is 12.5. The van der Waals surface area contributed by atoms with Crippen LogP contribution in [0.25, 0.3) is 0 Å². The van der Waals surface area contributed by atoms with Gasteiger partial charge < -0.3 is 10.1 Å². The summed E-state index contributed by atoms with van der Waals surface area (Å²) in [6, 6.07) is 11.4. The quantitative estimate of drug-likeness (QED) is 0.641. The number of rotatable bonds is 10. The maximum absolute atomic E-state index is 5.66. The van der Waals surface area contributed by atoms with E-state index in [1.807, 2.05) is 0 Å². The summed E-state index contributed by atoms with van der Waals surface area (Å²) in [7, 11) is 0. The lowest BCUT2D eigenvalue weighted by Gasteiger charge is -2.05. The van der Waals surface area contributed by atoms with Crippen molar-refractivity contribution in [1.29, 1.82) is 0 Å². The number of benzene rings is 1. The van der Waals surface area contributed by atoms with Crippen molar-refractivity contribution in [3.8, 4) is 0 Å². The van der Waals surface area contributed by atoms with Crippen LogP contribution in [0, 0.1) is 0 Å². The molecule has 2 rings (SSSR count). The molecule has 1 aromatic rings. The maximum Gasteiger partial charge on any atom is 0.0506 e. The topological polar surface area (TPSA) is 21.3 Å². The molecular weight excluding hydrogens is 222 g/mol. The minimum atomic E-state index is 0.852. The highest BCUT2D eigenvalue weighted by molar-refractivity contribution is 5.14. The van der Waals surface area contributed by atoms with E-state index in [1.165, 1.54) is 44.2 Å². The minimum Gasteiger partial charge on any atom is -0.381 e. The molecule has 1 fully saturated rings. The Hall–Kier alpha value is -0.860. The second-order valence-electron chi connectivity index (χ2n) is 5.14. The predicted octanol–water partition coefficient (Wildman–Crippen LogP) is 3.17.